The molecular formula is C35H60N4O4S6. The van der Waals surface area contributed by atoms with Crippen LogP contribution in [-0.4, -0.2) is 63.8 Å². The topological polar surface area (TPSA) is 88.5 Å². The number of rotatable bonds is 36. The normalized spacial score (nSPS) is 11.3. The second-order valence-corrected chi connectivity index (χ2v) is 19.3. The van der Waals surface area contributed by atoms with Crippen LogP contribution in [0.25, 0.3) is 0 Å². The Kier molecular flexibility index (Phi) is 29.4. The van der Waals surface area contributed by atoms with Crippen molar-refractivity contribution < 1.29 is 18.9 Å². The maximum atomic E-state index is 5.43. The first-order valence-electron chi connectivity index (χ1n) is 17.9. The average Bonchev–Trinajstić information content (AvgIpc) is 3.73. The Morgan fingerprint density at radius 3 is 1.12 bits per heavy atom. The predicted molar refractivity (Wildman–Crippen MR) is 214 cm³/mol. The molecule has 2 aromatic rings. The predicted octanol–water partition coefficient (Wildman–Crippen LogP) is 12.5. The van der Waals surface area contributed by atoms with Gasteiger partial charge in [-0.2, -0.15) is 0 Å². The van der Waals surface area contributed by atoms with E-state index >= 15 is 0 Å². The van der Waals surface area contributed by atoms with Crippen molar-refractivity contribution in [1.29, 1.82) is 0 Å². The summed E-state index contributed by atoms with van der Waals surface area (Å²) in [4.78, 5) is 0. The molecule has 0 fully saturated rings. The molecule has 8 nitrogen and oxygen atoms in total. The third-order valence-electron chi connectivity index (χ3n) is 7.24. The van der Waals surface area contributed by atoms with Gasteiger partial charge in [-0.15, -0.1) is 20.4 Å². The molecule has 0 atom stereocenters. The van der Waals surface area contributed by atoms with Crippen LogP contribution in [0.4, 0.5) is 0 Å². The first kappa shape index (κ1) is 44.7. The second kappa shape index (κ2) is 32.2. The molecule has 0 bridgehead atoms. The third-order valence-corrected chi connectivity index (χ3v) is 13.9. The summed E-state index contributed by atoms with van der Waals surface area (Å²) in [6.07, 6.45) is 23.1. The van der Waals surface area contributed by atoms with Gasteiger partial charge in [0, 0.05) is 11.5 Å². The highest BCUT2D eigenvalue weighted by molar-refractivity contribution is 8.17. The van der Waals surface area contributed by atoms with Crippen molar-refractivity contribution in [1.82, 2.24) is 20.4 Å². The Hall–Kier alpha value is -0.480. The number of allylic oxidation sites excluding steroid dienone is 2. The number of ether oxygens (including phenoxy) is 4. The quantitative estimate of drug-likeness (QED) is 0.0285. The Balaban J connectivity index is 1.34. The minimum absolute atomic E-state index is 0.327. The molecule has 0 aliphatic heterocycles. The van der Waals surface area contributed by atoms with E-state index in [1.807, 2.05) is 37.4 Å². The number of nitrogens with zero attached hydrogens (tertiary/aromatic N) is 4. The molecule has 0 saturated heterocycles. The second-order valence-electron chi connectivity index (χ2n) is 11.9. The van der Waals surface area contributed by atoms with Crippen LogP contribution in [0.1, 0.15) is 129 Å². The number of aromatic nitrogens is 4. The molecule has 0 aliphatic carbocycles. The molecular weight excluding hydrogens is 733 g/mol. The smallest absolute Gasteiger partial charge is 0.188 e. The van der Waals surface area contributed by atoms with Gasteiger partial charge in [-0.3, -0.25) is 0 Å². The Morgan fingerprint density at radius 1 is 0.469 bits per heavy atom. The SMILES string of the molecule is C=C(C)OCOCCCCCCCCCCCSc1nnc(SCSc2nnc(SCCCCCCCCCCCOCOC(=C)C)s2)s1. The lowest BCUT2D eigenvalue weighted by Crippen LogP contribution is -1.99. The number of thioether (sulfide) groups is 4. The van der Waals surface area contributed by atoms with Crippen LogP contribution >= 0.6 is 69.7 Å². The van der Waals surface area contributed by atoms with Crippen molar-refractivity contribution in [2.75, 3.05) is 43.4 Å². The summed E-state index contributed by atoms with van der Waals surface area (Å²) in [6, 6.07) is 0. The van der Waals surface area contributed by atoms with E-state index < -0.39 is 0 Å². The van der Waals surface area contributed by atoms with Crippen LogP contribution in [0.2, 0.25) is 0 Å². The molecule has 0 radical (unpaired) electrons. The number of hydrogen-bond acceptors (Lipinski definition) is 14. The van der Waals surface area contributed by atoms with E-state index in [2.05, 4.69) is 33.6 Å². The average molecular weight is 793 g/mol. The fourth-order valence-electron chi connectivity index (χ4n) is 4.57. The van der Waals surface area contributed by atoms with Crippen molar-refractivity contribution in [3.05, 3.63) is 24.7 Å². The summed E-state index contributed by atoms with van der Waals surface area (Å²) in [6.45, 7) is 13.3. The van der Waals surface area contributed by atoms with E-state index in [4.69, 9.17) is 18.9 Å². The van der Waals surface area contributed by atoms with Crippen LogP contribution in [0.5, 0.6) is 0 Å². The third kappa shape index (κ3) is 27.8. The molecule has 0 aliphatic rings. The molecule has 0 N–H and O–H groups in total. The molecule has 14 heteroatoms. The zero-order valence-corrected chi connectivity index (χ0v) is 34.9. The van der Waals surface area contributed by atoms with E-state index in [-0.39, 0.29) is 0 Å². The largest absolute Gasteiger partial charge is 0.473 e. The lowest BCUT2D eigenvalue weighted by atomic mass is 10.1. The van der Waals surface area contributed by atoms with Crippen molar-refractivity contribution >= 4 is 69.7 Å². The van der Waals surface area contributed by atoms with Gasteiger partial charge < -0.3 is 18.9 Å². The minimum atomic E-state index is 0.327. The highest BCUT2D eigenvalue weighted by Crippen LogP contribution is 2.35. The zero-order valence-electron chi connectivity index (χ0n) is 30.0. The van der Waals surface area contributed by atoms with Gasteiger partial charge in [-0.05, 0) is 39.5 Å². The Labute approximate surface area is 321 Å². The van der Waals surface area contributed by atoms with Gasteiger partial charge in [0.1, 0.15) is 0 Å². The molecule has 49 heavy (non-hydrogen) atoms. The van der Waals surface area contributed by atoms with Crippen LogP contribution in [0, 0.1) is 0 Å². The van der Waals surface area contributed by atoms with E-state index in [1.165, 1.54) is 103 Å². The highest BCUT2D eigenvalue weighted by Gasteiger charge is 2.09. The van der Waals surface area contributed by atoms with Crippen molar-refractivity contribution in [2.45, 2.75) is 147 Å². The van der Waals surface area contributed by atoms with Gasteiger partial charge >= 0.3 is 0 Å². The molecule has 0 saturated carbocycles. The molecule has 0 spiro atoms. The molecule has 0 amide bonds. The maximum absolute atomic E-state index is 5.43. The monoisotopic (exact) mass is 792 g/mol. The van der Waals surface area contributed by atoms with Crippen molar-refractivity contribution in [3.63, 3.8) is 0 Å². The summed E-state index contributed by atoms with van der Waals surface area (Å²) in [7, 11) is 0. The van der Waals surface area contributed by atoms with Gasteiger partial charge in [0.25, 0.3) is 0 Å². The van der Waals surface area contributed by atoms with Crippen molar-refractivity contribution in [2.24, 2.45) is 0 Å². The molecule has 2 rings (SSSR count). The highest BCUT2D eigenvalue weighted by atomic mass is 32.2. The summed E-state index contributed by atoms with van der Waals surface area (Å²) < 4.78 is 25.5. The van der Waals surface area contributed by atoms with Crippen LogP contribution in [-0.2, 0) is 18.9 Å². The van der Waals surface area contributed by atoms with Gasteiger partial charge in [-0.1, -0.05) is 173 Å². The zero-order chi connectivity index (χ0) is 35.0. The molecule has 280 valence electrons. The van der Waals surface area contributed by atoms with Crippen molar-refractivity contribution in [3.8, 4) is 0 Å². The summed E-state index contributed by atoms with van der Waals surface area (Å²) in [5, 5.41) is 18.4. The summed E-state index contributed by atoms with van der Waals surface area (Å²) in [5.41, 5.74) is 0. The van der Waals surface area contributed by atoms with Crippen LogP contribution < -0.4 is 0 Å². The fraction of sp³-hybridized carbons (Fsp3) is 0.771. The van der Waals surface area contributed by atoms with Gasteiger partial charge in [0.2, 0.25) is 0 Å². The van der Waals surface area contributed by atoms with Crippen LogP contribution in [0.3, 0.4) is 0 Å². The summed E-state index contributed by atoms with van der Waals surface area (Å²) in [5.74, 6) is 3.66. The van der Waals surface area contributed by atoms with Gasteiger partial charge in [0.05, 0.1) is 29.8 Å². The van der Waals surface area contributed by atoms with E-state index in [1.54, 1.807) is 46.2 Å². The molecule has 0 unspecified atom stereocenters. The van der Waals surface area contributed by atoms with Crippen LogP contribution in [0.15, 0.2) is 42.0 Å². The number of hydrogen-bond donors (Lipinski definition) is 0. The first-order valence-corrected chi connectivity index (χ1v) is 23.5. The molecule has 0 aromatic carbocycles. The standard InChI is InChI=1S/C35H60N4O4S6/c1-30(2)42-27-40-23-19-15-11-7-5-9-13-17-21-25-44-32-36-38-34(48-32)46-29-47-35-39-37-33(49-35)45-26-22-18-14-10-6-8-12-16-20-24-41-28-43-31(3)4/h1,3,5-29H2,2,4H3. The van der Waals surface area contributed by atoms with E-state index in [9.17, 15) is 0 Å². The maximum Gasteiger partial charge on any atom is 0.188 e. The molecule has 2 aromatic heterocycles. The fourth-order valence-corrected chi connectivity index (χ4v) is 11.2. The van der Waals surface area contributed by atoms with E-state index in [0.717, 1.165) is 60.0 Å². The molecule has 2 heterocycles. The number of unbranched alkanes of at least 4 members (excludes halogenated alkanes) is 16. The first-order chi connectivity index (χ1) is 24.0. The minimum Gasteiger partial charge on any atom is -0.473 e. The Morgan fingerprint density at radius 2 is 0.776 bits per heavy atom. The van der Waals surface area contributed by atoms with Gasteiger partial charge in [-0.25, -0.2) is 0 Å². The lowest BCUT2D eigenvalue weighted by molar-refractivity contribution is -0.0236. The van der Waals surface area contributed by atoms with Gasteiger partial charge in [0.15, 0.2) is 30.9 Å². The summed E-state index contributed by atoms with van der Waals surface area (Å²) >= 11 is 10.6. The van der Waals surface area contributed by atoms with E-state index in [0.29, 0.717) is 25.1 Å². The lowest BCUT2D eigenvalue weighted by Gasteiger charge is -2.06. The Bertz CT molecular complexity index is 1010.